The van der Waals surface area contributed by atoms with Crippen molar-refractivity contribution in [2.45, 2.75) is 32.9 Å². The van der Waals surface area contributed by atoms with Crippen LogP contribution in [0.5, 0.6) is 5.75 Å². The van der Waals surface area contributed by atoms with Crippen molar-refractivity contribution in [3.8, 4) is 5.75 Å². The van der Waals surface area contributed by atoms with Crippen LogP contribution in [0.2, 0.25) is 13.1 Å². The van der Waals surface area contributed by atoms with E-state index in [0.29, 0.717) is 13.0 Å². The summed E-state index contributed by atoms with van der Waals surface area (Å²) in [6, 6.07) is 18.4. The van der Waals surface area contributed by atoms with Crippen LogP contribution in [0.1, 0.15) is 18.9 Å². The molecule has 2 rings (SSSR count). The van der Waals surface area contributed by atoms with Crippen molar-refractivity contribution < 1.29 is 9.53 Å². The van der Waals surface area contributed by atoms with E-state index in [1.807, 2.05) is 43.3 Å². The lowest BCUT2D eigenvalue weighted by Crippen LogP contribution is -2.49. The number of allylic oxidation sites excluding steroid dienone is 2. The van der Waals surface area contributed by atoms with Gasteiger partial charge < -0.3 is 9.53 Å². The van der Waals surface area contributed by atoms with E-state index in [1.54, 1.807) is 0 Å². The Hall–Kier alpha value is -2.39. The van der Waals surface area contributed by atoms with E-state index in [9.17, 15) is 4.79 Å². The van der Waals surface area contributed by atoms with Crippen LogP contribution in [0.15, 0.2) is 79.0 Å². The van der Waals surface area contributed by atoms with Crippen molar-refractivity contribution >= 4 is 19.5 Å². The van der Waals surface area contributed by atoms with E-state index in [-0.39, 0.29) is 0 Å². The summed E-state index contributed by atoms with van der Waals surface area (Å²) in [5.41, 5.74) is 0.511. The Labute approximate surface area is 164 Å². The molecule has 0 radical (unpaired) electrons. The zero-order valence-electron chi connectivity index (χ0n) is 16.7. The molecule has 0 fully saturated rings. The third kappa shape index (κ3) is 4.86. The molecule has 0 spiro atoms. The van der Waals surface area contributed by atoms with Gasteiger partial charge in [-0.05, 0) is 31.4 Å². The van der Waals surface area contributed by atoms with Crippen molar-refractivity contribution in [1.82, 2.24) is 0 Å². The SMILES string of the molecule is C=CCc1ccccc1OCCC(C)(C=O)C(=C)[Si](C)(C)c1ccccc1. The number of carbonyl (C=O) groups is 1. The average Bonchev–Trinajstić information content (AvgIpc) is 2.69. The number of hydrogen-bond donors (Lipinski definition) is 0. The summed E-state index contributed by atoms with van der Waals surface area (Å²) in [6.45, 7) is 15.2. The lowest BCUT2D eigenvalue weighted by atomic mass is 9.89. The van der Waals surface area contributed by atoms with Gasteiger partial charge in [0.1, 0.15) is 20.1 Å². The Balaban J connectivity index is 2.12. The molecule has 0 aliphatic heterocycles. The Kier molecular flexibility index (Phi) is 6.97. The molecule has 0 aromatic heterocycles. The minimum atomic E-state index is -1.99. The molecule has 27 heavy (non-hydrogen) atoms. The molecule has 0 aliphatic rings. The fraction of sp³-hybridized carbons (Fsp3) is 0.292. The van der Waals surface area contributed by atoms with Crippen molar-refractivity contribution in [3.05, 3.63) is 84.6 Å². The first-order chi connectivity index (χ1) is 12.8. The topological polar surface area (TPSA) is 26.3 Å². The smallest absolute Gasteiger partial charge is 0.129 e. The Morgan fingerprint density at radius 3 is 2.37 bits per heavy atom. The summed E-state index contributed by atoms with van der Waals surface area (Å²) in [5, 5.41) is 2.33. The van der Waals surface area contributed by atoms with Crippen molar-refractivity contribution in [1.29, 1.82) is 0 Å². The van der Waals surface area contributed by atoms with E-state index < -0.39 is 13.5 Å². The number of rotatable bonds is 10. The monoisotopic (exact) mass is 378 g/mol. The van der Waals surface area contributed by atoms with Gasteiger partial charge in [-0.1, -0.05) is 78.1 Å². The summed E-state index contributed by atoms with van der Waals surface area (Å²) in [5.74, 6) is 0.857. The van der Waals surface area contributed by atoms with Gasteiger partial charge in [-0.3, -0.25) is 0 Å². The predicted octanol–water partition coefficient (Wildman–Crippen LogP) is 5.10. The third-order valence-corrected chi connectivity index (χ3v) is 9.27. The molecule has 2 aromatic carbocycles. The van der Waals surface area contributed by atoms with Crippen LogP contribution in [0.3, 0.4) is 0 Å². The first-order valence-electron chi connectivity index (χ1n) is 9.38. The van der Waals surface area contributed by atoms with Crippen LogP contribution in [0.25, 0.3) is 0 Å². The first kappa shape index (κ1) is 20.9. The molecule has 0 saturated carbocycles. The summed E-state index contributed by atoms with van der Waals surface area (Å²) < 4.78 is 6.02. The molecule has 2 aromatic rings. The highest BCUT2D eigenvalue weighted by atomic mass is 28.3. The van der Waals surface area contributed by atoms with E-state index in [4.69, 9.17) is 4.74 Å². The highest BCUT2D eigenvalue weighted by Crippen LogP contribution is 2.34. The molecule has 0 aliphatic carbocycles. The summed E-state index contributed by atoms with van der Waals surface area (Å²) in [4.78, 5) is 12.1. The highest BCUT2D eigenvalue weighted by molar-refractivity contribution is 6.96. The Morgan fingerprint density at radius 1 is 1.11 bits per heavy atom. The van der Waals surface area contributed by atoms with Crippen molar-refractivity contribution in [2.24, 2.45) is 5.41 Å². The number of aldehydes is 1. The molecule has 0 bridgehead atoms. The van der Waals surface area contributed by atoms with Crippen LogP contribution >= 0.6 is 0 Å². The standard InChI is InChI=1S/C24H30O2Si/c1-6-12-21-13-10-11-16-23(21)26-18-17-24(3,19-25)20(2)27(4,5)22-14-8-7-9-15-22/h6-11,13-16,19H,1-2,12,17-18H2,3-5H3. The van der Waals surface area contributed by atoms with E-state index in [2.05, 4.69) is 50.5 Å². The zero-order valence-corrected chi connectivity index (χ0v) is 17.7. The van der Waals surface area contributed by atoms with Crippen LogP contribution < -0.4 is 9.92 Å². The first-order valence-corrected chi connectivity index (χ1v) is 12.4. The van der Waals surface area contributed by atoms with Gasteiger partial charge >= 0.3 is 0 Å². The Morgan fingerprint density at radius 2 is 1.74 bits per heavy atom. The molecule has 1 atom stereocenters. The lowest BCUT2D eigenvalue weighted by Gasteiger charge is -2.36. The number of carbonyl (C=O) groups excluding carboxylic acids is 1. The lowest BCUT2D eigenvalue weighted by molar-refractivity contribution is -0.114. The Bertz CT molecular complexity index is 795. The summed E-state index contributed by atoms with van der Waals surface area (Å²) in [6.07, 6.45) is 4.29. The highest BCUT2D eigenvalue weighted by Gasteiger charge is 2.39. The quantitative estimate of drug-likeness (QED) is 0.327. The molecule has 1 unspecified atom stereocenters. The van der Waals surface area contributed by atoms with Gasteiger partial charge in [0.2, 0.25) is 0 Å². The second-order valence-corrected chi connectivity index (χ2v) is 12.1. The molecule has 142 valence electrons. The molecule has 0 saturated heterocycles. The molecule has 0 amide bonds. The predicted molar refractivity (Wildman–Crippen MR) is 117 cm³/mol. The van der Waals surface area contributed by atoms with Gasteiger partial charge in [0, 0.05) is 5.41 Å². The van der Waals surface area contributed by atoms with Crippen molar-refractivity contribution in [3.63, 3.8) is 0 Å². The third-order valence-electron chi connectivity index (χ3n) is 5.42. The normalized spacial score (nSPS) is 13.4. The number of ether oxygens (including phenoxy) is 1. The van der Waals surface area contributed by atoms with Crippen LogP contribution in [-0.4, -0.2) is 21.0 Å². The maximum atomic E-state index is 12.1. The average molecular weight is 379 g/mol. The number of benzene rings is 2. The second-order valence-electron chi connectivity index (χ2n) is 7.70. The van der Waals surface area contributed by atoms with E-state index in [0.717, 1.165) is 29.2 Å². The molecular weight excluding hydrogens is 348 g/mol. The van der Waals surface area contributed by atoms with Gasteiger partial charge in [0.25, 0.3) is 0 Å². The maximum absolute atomic E-state index is 12.1. The molecular formula is C24H30O2Si. The van der Waals surface area contributed by atoms with E-state index >= 15 is 0 Å². The largest absolute Gasteiger partial charge is 0.493 e. The number of hydrogen-bond acceptors (Lipinski definition) is 2. The fourth-order valence-corrected chi connectivity index (χ4v) is 6.35. The zero-order chi connectivity index (χ0) is 19.9. The van der Waals surface area contributed by atoms with Gasteiger partial charge in [0.15, 0.2) is 0 Å². The van der Waals surface area contributed by atoms with Gasteiger partial charge in [-0.2, -0.15) is 0 Å². The summed E-state index contributed by atoms with van der Waals surface area (Å²) in [7, 11) is -1.99. The van der Waals surface area contributed by atoms with Crippen LogP contribution in [0.4, 0.5) is 0 Å². The fourth-order valence-electron chi connectivity index (χ4n) is 3.37. The van der Waals surface area contributed by atoms with E-state index in [1.165, 1.54) is 5.19 Å². The van der Waals surface area contributed by atoms with Gasteiger partial charge in [-0.25, -0.2) is 0 Å². The van der Waals surface area contributed by atoms with Gasteiger partial charge in [0.05, 0.1) is 6.61 Å². The maximum Gasteiger partial charge on any atom is 0.129 e. The minimum Gasteiger partial charge on any atom is -0.493 e. The molecule has 3 heteroatoms. The molecule has 0 heterocycles. The number of para-hydroxylation sites is 1. The molecule has 2 nitrogen and oxygen atoms in total. The second kappa shape index (κ2) is 9.00. The van der Waals surface area contributed by atoms with Gasteiger partial charge in [-0.15, -0.1) is 13.2 Å². The van der Waals surface area contributed by atoms with Crippen molar-refractivity contribution in [2.75, 3.05) is 6.61 Å². The molecule has 0 N–H and O–H groups in total. The van der Waals surface area contributed by atoms with Crippen LogP contribution in [-0.2, 0) is 11.2 Å². The van der Waals surface area contributed by atoms with Crippen LogP contribution in [0, 0.1) is 5.41 Å². The minimum absolute atomic E-state index is 0.474. The summed E-state index contributed by atoms with van der Waals surface area (Å²) >= 11 is 0.